The minimum atomic E-state index is -0.0878. The van der Waals surface area contributed by atoms with Crippen LogP contribution in [0.25, 0.3) is 0 Å². The van der Waals surface area contributed by atoms with E-state index in [1.165, 1.54) is 0 Å². The van der Waals surface area contributed by atoms with Gasteiger partial charge in [0.1, 0.15) is 0 Å². The van der Waals surface area contributed by atoms with Crippen molar-refractivity contribution in [3.63, 3.8) is 0 Å². The summed E-state index contributed by atoms with van der Waals surface area (Å²) in [4.78, 5) is 17.7. The van der Waals surface area contributed by atoms with Gasteiger partial charge in [0.25, 0.3) is 0 Å². The normalized spacial score (nSPS) is 12.2. The number of pyridine rings is 1. The number of nitrogens with zero attached hydrogens (tertiary/aromatic N) is 2. The molecule has 0 aliphatic rings. The Kier molecular flexibility index (Phi) is 4.92. The fourth-order valence-electron chi connectivity index (χ4n) is 1.64. The Morgan fingerprint density at radius 2 is 2.38 bits per heavy atom. The Morgan fingerprint density at radius 3 is 2.88 bits per heavy atom. The van der Waals surface area contributed by atoms with Crippen molar-refractivity contribution >= 4 is 11.6 Å². The van der Waals surface area contributed by atoms with E-state index < -0.39 is 0 Å². The second kappa shape index (κ2) is 6.23. The fraction of sp³-hybridized carbons (Fsp3) is 0.500. The molecule has 0 radical (unpaired) electrons. The second-order valence-corrected chi connectivity index (χ2v) is 3.83. The first-order valence-corrected chi connectivity index (χ1v) is 5.58. The SMILES string of the molecule is CCCC(CN)C(=O)N(C)c1cccnc1. The van der Waals surface area contributed by atoms with Gasteiger partial charge in [-0.15, -0.1) is 0 Å². The zero-order valence-corrected chi connectivity index (χ0v) is 9.89. The third kappa shape index (κ3) is 3.03. The summed E-state index contributed by atoms with van der Waals surface area (Å²) in [6, 6.07) is 3.68. The molecule has 1 amide bonds. The second-order valence-electron chi connectivity index (χ2n) is 3.83. The molecule has 0 aromatic carbocycles. The van der Waals surface area contributed by atoms with E-state index in [9.17, 15) is 4.79 Å². The highest BCUT2D eigenvalue weighted by molar-refractivity contribution is 5.94. The van der Waals surface area contributed by atoms with Crippen molar-refractivity contribution in [2.75, 3.05) is 18.5 Å². The molecule has 4 nitrogen and oxygen atoms in total. The lowest BCUT2D eigenvalue weighted by Gasteiger charge is -2.22. The third-order valence-corrected chi connectivity index (χ3v) is 2.63. The van der Waals surface area contributed by atoms with Gasteiger partial charge in [-0.25, -0.2) is 0 Å². The quantitative estimate of drug-likeness (QED) is 0.818. The van der Waals surface area contributed by atoms with Crippen molar-refractivity contribution in [3.05, 3.63) is 24.5 Å². The summed E-state index contributed by atoms with van der Waals surface area (Å²) in [7, 11) is 1.76. The van der Waals surface area contributed by atoms with Crippen molar-refractivity contribution in [2.45, 2.75) is 19.8 Å². The number of nitrogens with two attached hydrogens (primary N) is 1. The molecule has 1 rings (SSSR count). The number of carbonyl (C=O) groups is 1. The van der Waals surface area contributed by atoms with E-state index in [4.69, 9.17) is 5.73 Å². The molecule has 1 aromatic rings. The van der Waals surface area contributed by atoms with E-state index in [1.54, 1.807) is 24.3 Å². The van der Waals surface area contributed by atoms with Crippen molar-refractivity contribution in [2.24, 2.45) is 11.7 Å². The van der Waals surface area contributed by atoms with Crippen molar-refractivity contribution < 1.29 is 4.79 Å². The van der Waals surface area contributed by atoms with Crippen LogP contribution in [0.15, 0.2) is 24.5 Å². The Bertz CT molecular complexity index is 326. The summed E-state index contributed by atoms with van der Waals surface area (Å²) < 4.78 is 0. The molecule has 4 heteroatoms. The van der Waals surface area contributed by atoms with Crippen molar-refractivity contribution in [1.29, 1.82) is 0 Å². The van der Waals surface area contributed by atoms with Crippen LogP contribution in [0.2, 0.25) is 0 Å². The minimum absolute atomic E-state index is 0.0670. The molecule has 1 unspecified atom stereocenters. The van der Waals surface area contributed by atoms with E-state index in [0.29, 0.717) is 6.54 Å². The first kappa shape index (κ1) is 12.6. The predicted octanol–water partition coefficient (Wildman–Crippen LogP) is 1.42. The fourth-order valence-corrected chi connectivity index (χ4v) is 1.64. The van der Waals surface area contributed by atoms with Gasteiger partial charge in [-0.1, -0.05) is 13.3 Å². The summed E-state index contributed by atoms with van der Waals surface area (Å²) in [5.41, 5.74) is 6.42. The maximum absolute atomic E-state index is 12.1. The maximum atomic E-state index is 12.1. The first-order valence-electron chi connectivity index (χ1n) is 5.58. The van der Waals surface area contributed by atoms with Gasteiger partial charge in [0.15, 0.2) is 0 Å². The first-order chi connectivity index (χ1) is 7.70. The lowest BCUT2D eigenvalue weighted by atomic mass is 10.0. The van der Waals surface area contributed by atoms with Crippen LogP contribution >= 0.6 is 0 Å². The number of hydrogen-bond donors (Lipinski definition) is 1. The van der Waals surface area contributed by atoms with E-state index in [1.807, 2.05) is 12.1 Å². The van der Waals surface area contributed by atoms with Crippen LogP contribution in [0.3, 0.4) is 0 Å². The van der Waals surface area contributed by atoms with Crippen LogP contribution in [-0.4, -0.2) is 24.5 Å². The topological polar surface area (TPSA) is 59.2 Å². The molecule has 0 fully saturated rings. The summed E-state index contributed by atoms with van der Waals surface area (Å²) in [6.45, 7) is 2.46. The molecule has 0 saturated carbocycles. The Labute approximate surface area is 96.5 Å². The number of amides is 1. The average Bonchev–Trinajstić information content (AvgIpc) is 2.35. The van der Waals surface area contributed by atoms with Crippen molar-refractivity contribution in [1.82, 2.24) is 4.98 Å². The lowest BCUT2D eigenvalue weighted by molar-refractivity contribution is -0.122. The Hall–Kier alpha value is -1.42. The van der Waals surface area contributed by atoms with Gasteiger partial charge in [-0.3, -0.25) is 9.78 Å². The van der Waals surface area contributed by atoms with Crippen LogP contribution in [0, 0.1) is 5.92 Å². The number of rotatable bonds is 5. The van der Waals surface area contributed by atoms with Gasteiger partial charge in [0.05, 0.1) is 17.8 Å². The van der Waals surface area contributed by atoms with Gasteiger partial charge in [0.2, 0.25) is 5.91 Å². The molecule has 88 valence electrons. The number of hydrogen-bond acceptors (Lipinski definition) is 3. The van der Waals surface area contributed by atoms with Gasteiger partial charge >= 0.3 is 0 Å². The molecular weight excluding hydrogens is 202 g/mol. The molecule has 0 spiro atoms. The minimum Gasteiger partial charge on any atom is -0.330 e. The number of carbonyl (C=O) groups excluding carboxylic acids is 1. The van der Waals surface area contributed by atoms with Crippen LogP contribution in [0.5, 0.6) is 0 Å². The molecule has 0 aliphatic carbocycles. The smallest absolute Gasteiger partial charge is 0.231 e. The lowest BCUT2D eigenvalue weighted by Crippen LogP contribution is -2.36. The highest BCUT2D eigenvalue weighted by Gasteiger charge is 2.20. The highest BCUT2D eigenvalue weighted by Crippen LogP contribution is 2.15. The van der Waals surface area contributed by atoms with E-state index >= 15 is 0 Å². The summed E-state index contributed by atoms with van der Waals surface area (Å²) in [5.74, 6) is -0.0208. The van der Waals surface area contributed by atoms with E-state index in [-0.39, 0.29) is 11.8 Å². The third-order valence-electron chi connectivity index (χ3n) is 2.63. The molecule has 1 heterocycles. The van der Waals surface area contributed by atoms with Crippen LogP contribution in [0.4, 0.5) is 5.69 Å². The van der Waals surface area contributed by atoms with Crippen molar-refractivity contribution in [3.8, 4) is 0 Å². The van der Waals surface area contributed by atoms with Gasteiger partial charge in [-0.05, 0) is 18.6 Å². The standard InChI is InChI=1S/C12H19N3O/c1-3-5-10(8-13)12(16)15(2)11-6-4-7-14-9-11/h4,6-7,9-10H,3,5,8,13H2,1-2H3. The maximum Gasteiger partial charge on any atom is 0.231 e. The molecule has 1 atom stereocenters. The predicted molar refractivity (Wildman–Crippen MR) is 65.1 cm³/mol. The van der Waals surface area contributed by atoms with Crippen LogP contribution < -0.4 is 10.6 Å². The summed E-state index contributed by atoms with van der Waals surface area (Å²) in [6.07, 6.45) is 5.17. The molecule has 16 heavy (non-hydrogen) atoms. The molecule has 0 saturated heterocycles. The number of anilines is 1. The van der Waals surface area contributed by atoms with Crippen LogP contribution in [-0.2, 0) is 4.79 Å². The zero-order chi connectivity index (χ0) is 12.0. The summed E-state index contributed by atoms with van der Waals surface area (Å²) in [5, 5.41) is 0. The molecular formula is C12H19N3O. The molecule has 2 N–H and O–H groups in total. The largest absolute Gasteiger partial charge is 0.330 e. The summed E-state index contributed by atoms with van der Waals surface area (Å²) >= 11 is 0. The zero-order valence-electron chi connectivity index (χ0n) is 9.89. The van der Waals surface area contributed by atoms with Gasteiger partial charge < -0.3 is 10.6 Å². The van der Waals surface area contributed by atoms with Gasteiger partial charge in [0, 0.05) is 19.8 Å². The van der Waals surface area contributed by atoms with Crippen LogP contribution in [0.1, 0.15) is 19.8 Å². The Balaban J connectivity index is 2.73. The van der Waals surface area contributed by atoms with Gasteiger partial charge in [-0.2, -0.15) is 0 Å². The van der Waals surface area contributed by atoms with E-state index in [2.05, 4.69) is 11.9 Å². The molecule has 0 aliphatic heterocycles. The van der Waals surface area contributed by atoms with E-state index in [0.717, 1.165) is 18.5 Å². The molecule has 1 aromatic heterocycles. The average molecular weight is 221 g/mol. The molecule has 0 bridgehead atoms. The monoisotopic (exact) mass is 221 g/mol. The Morgan fingerprint density at radius 1 is 1.62 bits per heavy atom. The highest BCUT2D eigenvalue weighted by atomic mass is 16.2. The number of aromatic nitrogens is 1.